The minimum atomic E-state index is -0.661. The van der Waals surface area contributed by atoms with E-state index >= 15 is 0 Å². The van der Waals surface area contributed by atoms with Crippen molar-refractivity contribution in [2.45, 2.75) is 39.5 Å². The second-order valence-electron chi connectivity index (χ2n) is 6.28. The normalized spacial score (nSPS) is 12.4. The summed E-state index contributed by atoms with van der Waals surface area (Å²) in [6.07, 6.45) is 1.19. The quantitative estimate of drug-likeness (QED) is 0.303. The fraction of sp³-hybridized carbons (Fsp3) is 0.474. The molecule has 1 atom stereocenters. The molecule has 2 aromatic rings. The van der Waals surface area contributed by atoms with Gasteiger partial charge in [-0.3, -0.25) is 4.68 Å². The number of aryl methyl sites for hydroxylation is 1. The fourth-order valence-corrected chi connectivity index (χ4v) is 2.44. The largest absolute Gasteiger partial charge is 0.491 e. The smallest absolute Gasteiger partial charge is 0.191 e. The molecular weight excluding hydrogens is 457 g/mol. The lowest BCUT2D eigenvalue weighted by Crippen LogP contribution is -2.39. The Morgan fingerprint density at radius 3 is 2.70 bits per heavy atom. The number of hydrogen-bond acceptors (Lipinski definition) is 4. The molecule has 2 rings (SSSR count). The van der Waals surface area contributed by atoms with Gasteiger partial charge in [0.2, 0.25) is 0 Å². The Bertz CT molecular complexity index is 718. The van der Waals surface area contributed by atoms with Crippen molar-refractivity contribution in [1.29, 1.82) is 0 Å². The van der Waals surface area contributed by atoms with Gasteiger partial charge in [-0.25, -0.2) is 4.99 Å². The number of rotatable bonds is 8. The Kier molecular flexibility index (Phi) is 10.2. The SMILES string of the molecule is CCNC(=NCc1ccnn1C)NCC(O)c1cccc(OC(C)C)c1.I. The van der Waals surface area contributed by atoms with Crippen molar-refractivity contribution in [2.24, 2.45) is 12.0 Å². The van der Waals surface area contributed by atoms with Crippen LogP contribution in [-0.4, -0.2) is 40.0 Å². The molecule has 0 aliphatic heterocycles. The van der Waals surface area contributed by atoms with Gasteiger partial charge in [0.05, 0.1) is 24.4 Å². The predicted molar refractivity (Wildman–Crippen MR) is 119 cm³/mol. The Hall–Kier alpha value is -1.81. The molecule has 27 heavy (non-hydrogen) atoms. The summed E-state index contributed by atoms with van der Waals surface area (Å²) < 4.78 is 7.48. The van der Waals surface area contributed by atoms with Crippen LogP contribution in [0.3, 0.4) is 0 Å². The van der Waals surface area contributed by atoms with E-state index in [1.165, 1.54) is 0 Å². The summed E-state index contributed by atoms with van der Waals surface area (Å²) in [5.41, 5.74) is 1.82. The first-order chi connectivity index (χ1) is 12.5. The first-order valence-electron chi connectivity index (χ1n) is 8.93. The molecule has 3 N–H and O–H groups in total. The first-order valence-corrected chi connectivity index (χ1v) is 8.93. The van der Waals surface area contributed by atoms with Crippen molar-refractivity contribution in [1.82, 2.24) is 20.4 Å². The zero-order valence-electron chi connectivity index (χ0n) is 16.3. The van der Waals surface area contributed by atoms with Crippen molar-refractivity contribution in [3.8, 4) is 5.75 Å². The van der Waals surface area contributed by atoms with Gasteiger partial charge in [-0.15, -0.1) is 24.0 Å². The zero-order valence-corrected chi connectivity index (χ0v) is 18.7. The highest BCUT2D eigenvalue weighted by Gasteiger charge is 2.10. The van der Waals surface area contributed by atoms with Gasteiger partial charge in [0, 0.05) is 26.3 Å². The van der Waals surface area contributed by atoms with Crippen LogP contribution in [0.1, 0.15) is 38.1 Å². The lowest BCUT2D eigenvalue weighted by molar-refractivity contribution is 0.179. The number of hydrogen-bond donors (Lipinski definition) is 3. The maximum Gasteiger partial charge on any atom is 0.191 e. The fourth-order valence-electron chi connectivity index (χ4n) is 2.44. The molecule has 1 heterocycles. The number of aromatic nitrogens is 2. The van der Waals surface area contributed by atoms with Gasteiger partial charge in [-0.2, -0.15) is 5.10 Å². The van der Waals surface area contributed by atoms with E-state index in [0.717, 1.165) is 23.6 Å². The average molecular weight is 487 g/mol. The van der Waals surface area contributed by atoms with Gasteiger partial charge in [0.1, 0.15) is 5.75 Å². The van der Waals surface area contributed by atoms with Crippen LogP contribution < -0.4 is 15.4 Å². The van der Waals surface area contributed by atoms with E-state index in [-0.39, 0.29) is 30.1 Å². The number of ether oxygens (including phenoxy) is 1. The molecule has 0 aliphatic carbocycles. The van der Waals surface area contributed by atoms with Crippen molar-refractivity contribution >= 4 is 29.9 Å². The van der Waals surface area contributed by atoms with Crippen LogP contribution in [0.4, 0.5) is 0 Å². The third kappa shape index (κ3) is 7.76. The lowest BCUT2D eigenvalue weighted by atomic mass is 10.1. The van der Waals surface area contributed by atoms with Crippen molar-refractivity contribution in [3.63, 3.8) is 0 Å². The van der Waals surface area contributed by atoms with Crippen LogP contribution in [0, 0.1) is 0 Å². The van der Waals surface area contributed by atoms with Crippen LogP contribution >= 0.6 is 24.0 Å². The minimum Gasteiger partial charge on any atom is -0.491 e. The van der Waals surface area contributed by atoms with E-state index in [4.69, 9.17) is 4.74 Å². The van der Waals surface area contributed by atoms with E-state index < -0.39 is 6.10 Å². The molecule has 7 nitrogen and oxygen atoms in total. The lowest BCUT2D eigenvalue weighted by Gasteiger charge is -2.17. The Morgan fingerprint density at radius 2 is 2.07 bits per heavy atom. The van der Waals surface area contributed by atoms with E-state index in [0.29, 0.717) is 19.0 Å². The molecule has 0 fully saturated rings. The number of aliphatic imine (C=N–C) groups is 1. The molecule has 0 spiro atoms. The summed E-state index contributed by atoms with van der Waals surface area (Å²) in [6.45, 7) is 7.57. The molecule has 0 saturated heterocycles. The second-order valence-corrected chi connectivity index (χ2v) is 6.28. The van der Waals surface area contributed by atoms with E-state index in [9.17, 15) is 5.11 Å². The van der Waals surface area contributed by atoms with Crippen LogP contribution in [0.25, 0.3) is 0 Å². The topological polar surface area (TPSA) is 83.7 Å². The number of guanidine groups is 1. The zero-order chi connectivity index (χ0) is 18.9. The van der Waals surface area contributed by atoms with Gasteiger partial charge < -0.3 is 20.5 Å². The van der Waals surface area contributed by atoms with Gasteiger partial charge >= 0.3 is 0 Å². The molecule has 150 valence electrons. The number of aliphatic hydroxyl groups excluding tert-OH is 1. The number of aliphatic hydroxyl groups is 1. The van der Waals surface area contributed by atoms with Crippen molar-refractivity contribution in [2.75, 3.05) is 13.1 Å². The summed E-state index contributed by atoms with van der Waals surface area (Å²) in [7, 11) is 1.89. The van der Waals surface area contributed by atoms with Crippen LogP contribution in [0.2, 0.25) is 0 Å². The molecule has 0 radical (unpaired) electrons. The van der Waals surface area contributed by atoms with Crippen molar-refractivity contribution in [3.05, 3.63) is 47.8 Å². The molecule has 0 bridgehead atoms. The maximum atomic E-state index is 10.5. The second kappa shape index (κ2) is 11.8. The standard InChI is InChI=1S/C19H29N5O2.HI/c1-5-20-19(21-12-16-9-10-23-24(16)4)22-13-18(25)15-7-6-8-17(11-15)26-14(2)3;/h6-11,14,18,25H,5,12-13H2,1-4H3,(H2,20,21,22);1H. The molecule has 1 aromatic heterocycles. The number of halogens is 1. The minimum absolute atomic E-state index is 0. The van der Waals surface area contributed by atoms with E-state index in [2.05, 4.69) is 20.7 Å². The van der Waals surface area contributed by atoms with Crippen LogP contribution in [0.5, 0.6) is 5.75 Å². The summed E-state index contributed by atoms with van der Waals surface area (Å²) >= 11 is 0. The molecule has 1 aromatic carbocycles. The monoisotopic (exact) mass is 487 g/mol. The highest BCUT2D eigenvalue weighted by atomic mass is 127. The summed E-state index contributed by atoms with van der Waals surface area (Å²) in [5, 5.41) is 21.0. The van der Waals surface area contributed by atoms with Gasteiger partial charge in [-0.1, -0.05) is 12.1 Å². The first kappa shape index (κ1) is 23.2. The number of benzene rings is 1. The maximum absolute atomic E-state index is 10.5. The summed E-state index contributed by atoms with van der Waals surface area (Å²) in [5.74, 6) is 1.41. The number of nitrogens with zero attached hydrogens (tertiary/aromatic N) is 3. The van der Waals surface area contributed by atoms with Gasteiger partial charge in [0.25, 0.3) is 0 Å². The predicted octanol–water partition coefficient (Wildman–Crippen LogP) is 2.61. The van der Waals surface area contributed by atoms with Crippen LogP contribution in [0.15, 0.2) is 41.5 Å². The Morgan fingerprint density at radius 1 is 1.30 bits per heavy atom. The Labute approximate surface area is 178 Å². The van der Waals surface area contributed by atoms with Gasteiger partial charge in [0.15, 0.2) is 5.96 Å². The van der Waals surface area contributed by atoms with Crippen LogP contribution in [-0.2, 0) is 13.6 Å². The molecule has 0 amide bonds. The molecule has 0 saturated carbocycles. The van der Waals surface area contributed by atoms with Crippen molar-refractivity contribution < 1.29 is 9.84 Å². The average Bonchev–Trinajstić information content (AvgIpc) is 3.01. The number of nitrogens with one attached hydrogen (secondary N) is 2. The summed E-state index contributed by atoms with van der Waals surface area (Å²) in [4.78, 5) is 4.54. The highest BCUT2D eigenvalue weighted by molar-refractivity contribution is 14.0. The van der Waals surface area contributed by atoms with E-state index in [1.807, 2.05) is 58.2 Å². The van der Waals surface area contributed by atoms with Gasteiger partial charge in [-0.05, 0) is 44.5 Å². The summed E-state index contributed by atoms with van der Waals surface area (Å²) in [6, 6.07) is 9.47. The van der Waals surface area contributed by atoms with E-state index in [1.54, 1.807) is 10.9 Å². The molecule has 0 aliphatic rings. The molecular formula is C19H30IN5O2. The Balaban J connectivity index is 0.00000364. The third-order valence-electron chi connectivity index (χ3n) is 3.74. The molecule has 8 heteroatoms. The highest BCUT2D eigenvalue weighted by Crippen LogP contribution is 2.19. The third-order valence-corrected chi connectivity index (χ3v) is 3.74. The molecule has 1 unspecified atom stereocenters.